The van der Waals surface area contributed by atoms with Gasteiger partial charge in [0.1, 0.15) is 12.3 Å². The van der Waals surface area contributed by atoms with Crippen LogP contribution in [0.3, 0.4) is 0 Å². The first-order valence-electron chi connectivity index (χ1n) is 10.4. The molecule has 0 saturated carbocycles. The van der Waals surface area contributed by atoms with Crippen molar-refractivity contribution in [3.8, 4) is 5.75 Å². The number of thioether (sulfide) groups is 1. The van der Waals surface area contributed by atoms with Gasteiger partial charge in [0.05, 0.1) is 11.5 Å². The quantitative estimate of drug-likeness (QED) is 0.379. The Hall–Kier alpha value is -3.10. The van der Waals surface area contributed by atoms with Crippen molar-refractivity contribution < 1.29 is 19.1 Å². The van der Waals surface area contributed by atoms with E-state index in [1.54, 1.807) is 30.3 Å². The van der Waals surface area contributed by atoms with Crippen molar-refractivity contribution in [2.75, 3.05) is 18.5 Å². The molecular formula is C25H21BrN2O4S. The summed E-state index contributed by atoms with van der Waals surface area (Å²) in [6, 6.07) is 18.7. The number of carbonyl (C=O) groups is 3. The molecule has 3 amide bonds. The molecule has 6 nitrogen and oxygen atoms in total. The zero-order valence-corrected chi connectivity index (χ0v) is 20.2. The van der Waals surface area contributed by atoms with Crippen LogP contribution in [0.1, 0.15) is 18.9 Å². The molecule has 0 unspecified atom stereocenters. The number of anilines is 1. The molecule has 1 N–H and O–H groups in total. The van der Waals surface area contributed by atoms with E-state index in [9.17, 15) is 14.4 Å². The zero-order valence-electron chi connectivity index (χ0n) is 17.8. The number of fused-ring (bicyclic) bond motifs is 1. The summed E-state index contributed by atoms with van der Waals surface area (Å²) in [6.07, 6.45) is 2.53. The maximum Gasteiger partial charge on any atom is 0.294 e. The molecule has 1 heterocycles. The summed E-state index contributed by atoms with van der Waals surface area (Å²) in [4.78, 5) is 39.2. The number of halogens is 1. The lowest BCUT2D eigenvalue weighted by atomic mass is 10.0. The lowest BCUT2D eigenvalue weighted by molar-refractivity contribution is -0.127. The Morgan fingerprint density at radius 3 is 2.61 bits per heavy atom. The zero-order chi connectivity index (χ0) is 23.4. The third kappa shape index (κ3) is 5.29. The van der Waals surface area contributed by atoms with Gasteiger partial charge in [-0.1, -0.05) is 53.2 Å². The summed E-state index contributed by atoms with van der Waals surface area (Å²) in [5, 5.41) is 4.15. The fourth-order valence-corrected chi connectivity index (χ4v) is 4.49. The molecule has 0 aromatic heterocycles. The first kappa shape index (κ1) is 23.1. The number of ether oxygens (including phenoxy) is 1. The van der Waals surface area contributed by atoms with Crippen LogP contribution in [-0.4, -0.2) is 35.1 Å². The van der Waals surface area contributed by atoms with Gasteiger partial charge in [-0.25, -0.2) is 0 Å². The molecule has 33 heavy (non-hydrogen) atoms. The summed E-state index contributed by atoms with van der Waals surface area (Å²) < 4.78 is 6.78. The van der Waals surface area contributed by atoms with Crippen LogP contribution in [0.2, 0.25) is 0 Å². The molecule has 0 bridgehead atoms. The van der Waals surface area contributed by atoms with Crippen LogP contribution < -0.4 is 10.1 Å². The first-order valence-corrected chi connectivity index (χ1v) is 12.0. The minimum absolute atomic E-state index is 0.258. The normalized spacial score (nSPS) is 14.8. The van der Waals surface area contributed by atoms with Gasteiger partial charge < -0.3 is 10.1 Å². The number of benzene rings is 3. The first-order chi connectivity index (χ1) is 16.0. The lowest BCUT2D eigenvalue weighted by Crippen LogP contribution is -2.36. The van der Waals surface area contributed by atoms with Gasteiger partial charge >= 0.3 is 0 Å². The van der Waals surface area contributed by atoms with Gasteiger partial charge in [-0.05, 0) is 65.4 Å². The van der Waals surface area contributed by atoms with E-state index in [4.69, 9.17) is 4.74 Å². The molecular weight excluding hydrogens is 504 g/mol. The van der Waals surface area contributed by atoms with Crippen molar-refractivity contribution in [3.63, 3.8) is 0 Å². The molecule has 1 aliphatic heterocycles. The van der Waals surface area contributed by atoms with Crippen LogP contribution in [-0.2, 0) is 9.59 Å². The summed E-state index contributed by atoms with van der Waals surface area (Å²) in [5.41, 5.74) is 1.32. The Morgan fingerprint density at radius 2 is 1.85 bits per heavy atom. The largest absolute Gasteiger partial charge is 0.493 e. The van der Waals surface area contributed by atoms with E-state index in [0.717, 1.165) is 43.9 Å². The van der Waals surface area contributed by atoms with Crippen LogP contribution in [0.4, 0.5) is 10.5 Å². The Morgan fingerprint density at radius 1 is 1.09 bits per heavy atom. The highest BCUT2D eigenvalue weighted by molar-refractivity contribution is 9.10. The van der Waals surface area contributed by atoms with Crippen LogP contribution in [0, 0.1) is 0 Å². The molecule has 168 valence electrons. The highest BCUT2D eigenvalue weighted by Crippen LogP contribution is 2.36. The van der Waals surface area contributed by atoms with E-state index in [-0.39, 0.29) is 11.4 Å². The SMILES string of the molecule is CCCOc1ccc2ccccc2c1/C=C1\SC(=O)N(CC(=O)Nc2ccc(Br)cc2)C1=O. The van der Waals surface area contributed by atoms with Gasteiger partial charge in [-0.15, -0.1) is 0 Å². The fraction of sp³-hybridized carbons (Fsp3) is 0.160. The molecule has 8 heteroatoms. The second-order valence-electron chi connectivity index (χ2n) is 7.37. The molecule has 3 aromatic carbocycles. The van der Waals surface area contributed by atoms with Gasteiger partial charge in [0, 0.05) is 15.7 Å². The second kappa shape index (κ2) is 10.2. The summed E-state index contributed by atoms with van der Waals surface area (Å²) >= 11 is 4.16. The number of hydrogen-bond acceptors (Lipinski definition) is 5. The van der Waals surface area contributed by atoms with Crippen LogP contribution in [0.5, 0.6) is 5.75 Å². The van der Waals surface area contributed by atoms with E-state index in [0.29, 0.717) is 18.0 Å². The van der Waals surface area contributed by atoms with Crippen molar-refractivity contribution in [3.05, 3.63) is 75.6 Å². The topological polar surface area (TPSA) is 75.7 Å². The Balaban J connectivity index is 1.58. The molecule has 1 fully saturated rings. The van der Waals surface area contributed by atoms with Gasteiger partial charge in [0.2, 0.25) is 5.91 Å². The molecule has 0 atom stereocenters. The number of carbonyl (C=O) groups excluding carboxylic acids is 3. The third-order valence-corrected chi connectivity index (χ3v) is 6.41. The molecule has 3 aromatic rings. The number of nitrogens with one attached hydrogen (secondary N) is 1. The summed E-state index contributed by atoms with van der Waals surface area (Å²) in [7, 11) is 0. The number of imide groups is 1. The van der Waals surface area contributed by atoms with Crippen LogP contribution in [0.25, 0.3) is 16.8 Å². The predicted molar refractivity (Wildman–Crippen MR) is 135 cm³/mol. The van der Waals surface area contributed by atoms with E-state index in [1.165, 1.54) is 0 Å². The Bertz CT molecular complexity index is 1260. The standard InChI is InChI=1S/C25H21BrN2O4S/c1-2-13-32-21-12-7-16-5-3-4-6-19(16)20(21)14-22-24(30)28(25(31)33-22)15-23(29)27-18-10-8-17(26)9-11-18/h3-12,14H,2,13,15H2,1H3,(H,27,29)/b22-14-. The van der Waals surface area contributed by atoms with E-state index < -0.39 is 17.1 Å². The smallest absolute Gasteiger partial charge is 0.294 e. The highest BCUT2D eigenvalue weighted by atomic mass is 79.9. The summed E-state index contributed by atoms with van der Waals surface area (Å²) in [5.74, 6) is -0.293. The lowest BCUT2D eigenvalue weighted by Gasteiger charge is -2.13. The van der Waals surface area contributed by atoms with E-state index in [1.807, 2.05) is 43.3 Å². The Kier molecular flexibility index (Phi) is 7.15. The van der Waals surface area contributed by atoms with Gasteiger partial charge in [0.15, 0.2) is 0 Å². The third-order valence-electron chi connectivity index (χ3n) is 4.97. The number of amides is 3. The van der Waals surface area contributed by atoms with Crippen molar-refractivity contribution in [1.82, 2.24) is 4.90 Å². The highest BCUT2D eigenvalue weighted by Gasteiger charge is 2.36. The van der Waals surface area contributed by atoms with Gasteiger partial charge in [-0.3, -0.25) is 19.3 Å². The van der Waals surface area contributed by atoms with Crippen molar-refractivity contribution >= 4 is 67.3 Å². The number of hydrogen-bond donors (Lipinski definition) is 1. The monoisotopic (exact) mass is 524 g/mol. The predicted octanol–water partition coefficient (Wildman–Crippen LogP) is 6.07. The molecule has 0 radical (unpaired) electrons. The molecule has 1 saturated heterocycles. The molecule has 4 rings (SSSR count). The van der Waals surface area contributed by atoms with E-state index >= 15 is 0 Å². The van der Waals surface area contributed by atoms with Crippen molar-refractivity contribution in [2.45, 2.75) is 13.3 Å². The van der Waals surface area contributed by atoms with Crippen LogP contribution >= 0.6 is 27.7 Å². The molecule has 0 spiro atoms. The van der Waals surface area contributed by atoms with Crippen molar-refractivity contribution in [2.24, 2.45) is 0 Å². The van der Waals surface area contributed by atoms with Crippen molar-refractivity contribution in [1.29, 1.82) is 0 Å². The minimum Gasteiger partial charge on any atom is -0.493 e. The fourth-order valence-electron chi connectivity index (χ4n) is 3.41. The maximum absolute atomic E-state index is 13.0. The maximum atomic E-state index is 13.0. The average Bonchev–Trinajstić information content (AvgIpc) is 3.07. The molecule has 0 aliphatic carbocycles. The molecule has 1 aliphatic rings. The Labute approximate surface area is 204 Å². The van der Waals surface area contributed by atoms with Gasteiger partial charge in [0.25, 0.3) is 11.1 Å². The summed E-state index contributed by atoms with van der Waals surface area (Å²) in [6.45, 7) is 2.20. The van der Waals surface area contributed by atoms with E-state index in [2.05, 4.69) is 21.2 Å². The minimum atomic E-state index is -0.495. The number of rotatable bonds is 7. The number of nitrogens with zero attached hydrogens (tertiary/aromatic N) is 1. The second-order valence-corrected chi connectivity index (χ2v) is 9.28. The van der Waals surface area contributed by atoms with Crippen LogP contribution in [0.15, 0.2) is 70.0 Å². The average molecular weight is 525 g/mol. The van der Waals surface area contributed by atoms with Gasteiger partial charge in [-0.2, -0.15) is 0 Å².